The monoisotopic (exact) mass is 313 g/mol. The molecular weight excluding hydrogens is 297 g/mol. The quantitative estimate of drug-likeness (QED) is 0.786. The Kier molecular flexibility index (Phi) is 4.23. The molecular formula is C17H16FN3O2. The lowest BCUT2D eigenvalue weighted by Gasteiger charge is -2.08. The maximum Gasteiger partial charge on any atom is 0.226 e. The Balaban J connectivity index is 1.64. The zero-order chi connectivity index (χ0) is 16.2. The number of aromatic nitrogens is 2. The molecule has 0 atom stereocenters. The molecule has 6 heteroatoms. The molecule has 0 radical (unpaired) electrons. The van der Waals surface area contributed by atoms with Crippen molar-refractivity contribution in [2.75, 3.05) is 7.11 Å². The number of benzene rings is 1. The summed E-state index contributed by atoms with van der Waals surface area (Å²) in [6.45, 7) is 0.380. The number of imidazole rings is 1. The second kappa shape index (κ2) is 6.48. The molecule has 3 aromatic rings. The number of amides is 1. The number of carbonyl (C=O) groups is 1. The third-order valence-electron chi connectivity index (χ3n) is 3.48. The lowest BCUT2D eigenvalue weighted by Crippen LogP contribution is -2.24. The molecule has 118 valence electrons. The predicted molar refractivity (Wildman–Crippen MR) is 83.7 cm³/mol. The van der Waals surface area contributed by atoms with Crippen molar-refractivity contribution in [3.8, 4) is 5.75 Å². The number of nitrogens with one attached hydrogen (secondary N) is 1. The van der Waals surface area contributed by atoms with Crippen molar-refractivity contribution in [3.63, 3.8) is 0 Å². The molecule has 0 aliphatic rings. The minimum Gasteiger partial charge on any atom is -0.496 e. The normalized spacial score (nSPS) is 10.7. The van der Waals surface area contributed by atoms with Crippen LogP contribution in [0.15, 0.2) is 48.8 Å². The van der Waals surface area contributed by atoms with Crippen molar-refractivity contribution >= 4 is 11.6 Å². The molecule has 0 bridgehead atoms. The van der Waals surface area contributed by atoms with Crippen molar-refractivity contribution in [2.45, 2.75) is 13.0 Å². The van der Waals surface area contributed by atoms with E-state index in [1.165, 1.54) is 12.3 Å². The standard InChI is InChI=1S/C17H16FN3O2/c1-23-15-5-3-2-4-12(15)9-19-17(22)8-14-11-21-10-13(18)6-7-16(21)20-14/h2-7,10-11H,8-9H2,1H3,(H,19,22). The first-order valence-electron chi connectivity index (χ1n) is 7.17. The second-order valence-electron chi connectivity index (χ2n) is 5.11. The minimum atomic E-state index is -0.345. The summed E-state index contributed by atoms with van der Waals surface area (Å²) in [5.74, 6) is 0.234. The zero-order valence-corrected chi connectivity index (χ0v) is 12.6. The van der Waals surface area contributed by atoms with E-state index in [1.807, 2.05) is 24.3 Å². The van der Waals surface area contributed by atoms with Crippen LogP contribution < -0.4 is 10.1 Å². The number of ether oxygens (including phenoxy) is 1. The molecule has 0 spiro atoms. The highest BCUT2D eigenvalue weighted by atomic mass is 19.1. The van der Waals surface area contributed by atoms with E-state index in [4.69, 9.17) is 4.74 Å². The fourth-order valence-electron chi connectivity index (χ4n) is 2.37. The number of nitrogens with zero attached hydrogens (tertiary/aromatic N) is 2. The highest BCUT2D eigenvalue weighted by molar-refractivity contribution is 5.78. The van der Waals surface area contributed by atoms with Crippen LogP contribution >= 0.6 is 0 Å². The van der Waals surface area contributed by atoms with E-state index in [-0.39, 0.29) is 18.1 Å². The summed E-state index contributed by atoms with van der Waals surface area (Å²) in [5.41, 5.74) is 2.10. The van der Waals surface area contributed by atoms with Crippen LogP contribution in [0.1, 0.15) is 11.3 Å². The maximum atomic E-state index is 13.1. The van der Waals surface area contributed by atoms with Gasteiger partial charge < -0.3 is 14.5 Å². The Bertz CT molecular complexity index is 845. The second-order valence-corrected chi connectivity index (χ2v) is 5.11. The van der Waals surface area contributed by atoms with Gasteiger partial charge in [-0.1, -0.05) is 18.2 Å². The zero-order valence-electron chi connectivity index (χ0n) is 12.6. The summed E-state index contributed by atoms with van der Waals surface area (Å²) in [4.78, 5) is 16.3. The van der Waals surface area contributed by atoms with E-state index in [2.05, 4.69) is 10.3 Å². The average Bonchev–Trinajstić information content (AvgIpc) is 2.94. The van der Waals surface area contributed by atoms with Gasteiger partial charge in [0, 0.05) is 24.5 Å². The van der Waals surface area contributed by atoms with E-state index in [0.29, 0.717) is 17.9 Å². The number of rotatable bonds is 5. The van der Waals surface area contributed by atoms with E-state index < -0.39 is 0 Å². The first-order chi connectivity index (χ1) is 11.2. The van der Waals surface area contributed by atoms with Gasteiger partial charge >= 0.3 is 0 Å². The first kappa shape index (κ1) is 15.0. The van der Waals surface area contributed by atoms with E-state index >= 15 is 0 Å². The number of para-hydroxylation sites is 1. The molecule has 1 amide bonds. The topological polar surface area (TPSA) is 55.6 Å². The molecule has 1 N–H and O–H groups in total. The summed E-state index contributed by atoms with van der Waals surface area (Å²) in [7, 11) is 1.59. The molecule has 0 unspecified atom stereocenters. The van der Waals surface area contributed by atoms with Crippen molar-refractivity contribution in [1.29, 1.82) is 0 Å². The molecule has 23 heavy (non-hydrogen) atoms. The Hall–Kier alpha value is -2.89. The van der Waals surface area contributed by atoms with Crippen LogP contribution in [-0.4, -0.2) is 22.4 Å². The van der Waals surface area contributed by atoms with Gasteiger partial charge in [-0.05, 0) is 18.2 Å². The number of pyridine rings is 1. The van der Waals surface area contributed by atoms with Crippen molar-refractivity contribution in [2.24, 2.45) is 0 Å². The molecule has 1 aromatic carbocycles. The molecule has 0 saturated heterocycles. The Morgan fingerprint density at radius 1 is 1.26 bits per heavy atom. The van der Waals surface area contributed by atoms with Gasteiger partial charge in [0.2, 0.25) is 5.91 Å². The van der Waals surface area contributed by atoms with E-state index in [0.717, 1.165) is 11.3 Å². The lowest BCUT2D eigenvalue weighted by molar-refractivity contribution is -0.120. The predicted octanol–water partition coefficient (Wildman–Crippen LogP) is 2.34. The summed E-state index contributed by atoms with van der Waals surface area (Å²) in [5, 5.41) is 2.84. The van der Waals surface area contributed by atoms with Gasteiger partial charge in [-0.3, -0.25) is 4.79 Å². The van der Waals surface area contributed by atoms with Gasteiger partial charge in [-0.15, -0.1) is 0 Å². The maximum absolute atomic E-state index is 13.1. The van der Waals surface area contributed by atoms with Gasteiger partial charge in [-0.2, -0.15) is 0 Å². The number of hydrogen-bond donors (Lipinski definition) is 1. The Morgan fingerprint density at radius 2 is 2.09 bits per heavy atom. The highest BCUT2D eigenvalue weighted by Crippen LogP contribution is 2.16. The summed E-state index contributed by atoms with van der Waals surface area (Å²) >= 11 is 0. The van der Waals surface area contributed by atoms with E-state index in [9.17, 15) is 9.18 Å². The number of methoxy groups -OCH3 is 1. The van der Waals surface area contributed by atoms with Gasteiger partial charge in [-0.25, -0.2) is 9.37 Å². The number of carbonyl (C=O) groups excluding carboxylic acids is 1. The molecule has 5 nitrogen and oxygen atoms in total. The summed E-state index contributed by atoms with van der Waals surface area (Å²) < 4.78 is 20.0. The van der Waals surface area contributed by atoms with Crippen LogP contribution in [0, 0.1) is 5.82 Å². The van der Waals surface area contributed by atoms with Crippen LogP contribution in [0.4, 0.5) is 4.39 Å². The van der Waals surface area contributed by atoms with Crippen LogP contribution in [0.25, 0.3) is 5.65 Å². The molecule has 2 aromatic heterocycles. The molecule has 2 heterocycles. The third kappa shape index (κ3) is 3.48. The molecule has 0 fully saturated rings. The lowest BCUT2D eigenvalue weighted by atomic mass is 10.2. The molecule has 0 aliphatic heterocycles. The number of halogens is 1. The Labute approximate surface area is 132 Å². The summed E-state index contributed by atoms with van der Waals surface area (Å²) in [6.07, 6.45) is 3.12. The van der Waals surface area contributed by atoms with Crippen LogP contribution in [-0.2, 0) is 17.8 Å². The van der Waals surface area contributed by atoms with Gasteiger partial charge in [0.15, 0.2) is 0 Å². The van der Waals surface area contributed by atoms with Crippen LogP contribution in [0.3, 0.4) is 0 Å². The van der Waals surface area contributed by atoms with Gasteiger partial charge in [0.25, 0.3) is 0 Å². The summed E-state index contributed by atoms with van der Waals surface area (Å²) in [6, 6.07) is 10.4. The fourth-order valence-corrected chi connectivity index (χ4v) is 2.37. The number of fused-ring (bicyclic) bond motifs is 1. The van der Waals surface area contributed by atoms with Crippen molar-refractivity contribution < 1.29 is 13.9 Å². The highest BCUT2D eigenvalue weighted by Gasteiger charge is 2.09. The van der Waals surface area contributed by atoms with Crippen LogP contribution in [0.5, 0.6) is 5.75 Å². The van der Waals surface area contributed by atoms with Crippen LogP contribution in [0.2, 0.25) is 0 Å². The molecule has 0 aliphatic carbocycles. The SMILES string of the molecule is COc1ccccc1CNC(=O)Cc1cn2cc(F)ccc2n1. The minimum absolute atomic E-state index is 0.137. The van der Waals surface area contributed by atoms with Crippen molar-refractivity contribution in [3.05, 3.63) is 65.9 Å². The van der Waals surface area contributed by atoms with E-state index in [1.54, 1.807) is 23.8 Å². The third-order valence-corrected chi connectivity index (χ3v) is 3.48. The van der Waals surface area contributed by atoms with Gasteiger partial charge in [0.05, 0.1) is 19.2 Å². The van der Waals surface area contributed by atoms with Crippen molar-refractivity contribution in [1.82, 2.24) is 14.7 Å². The molecule has 0 saturated carbocycles. The average molecular weight is 313 g/mol. The Morgan fingerprint density at radius 3 is 2.91 bits per heavy atom. The largest absolute Gasteiger partial charge is 0.496 e. The first-order valence-corrected chi connectivity index (χ1v) is 7.17. The molecule has 3 rings (SSSR count). The number of hydrogen-bond acceptors (Lipinski definition) is 3. The van der Waals surface area contributed by atoms with Gasteiger partial charge in [0.1, 0.15) is 17.2 Å². The fraction of sp³-hybridized carbons (Fsp3) is 0.176. The smallest absolute Gasteiger partial charge is 0.226 e.